The quantitative estimate of drug-likeness (QED) is 0.541. The number of carbonyl (C=O) groups excluding carboxylic acids is 3. The highest BCUT2D eigenvalue weighted by Crippen LogP contribution is 2.32. The first-order chi connectivity index (χ1) is 16.3. The summed E-state index contributed by atoms with van der Waals surface area (Å²) >= 11 is 0.718. The summed E-state index contributed by atoms with van der Waals surface area (Å²) in [6.07, 6.45) is 1.34. The normalized spacial score (nSPS) is 15.1. The third kappa shape index (κ3) is 4.49. The Hall–Kier alpha value is -3.79. The summed E-state index contributed by atoms with van der Waals surface area (Å²) < 4.78 is 15.1. The Morgan fingerprint density at radius 2 is 1.76 bits per heavy atom. The van der Waals surface area contributed by atoms with Crippen molar-refractivity contribution in [1.82, 2.24) is 20.0 Å². The first-order valence-corrected chi connectivity index (χ1v) is 11.4. The number of hydrogen-bond donors (Lipinski definition) is 1. The number of halogens is 1. The highest BCUT2D eigenvalue weighted by Gasteiger charge is 2.35. The number of aromatic nitrogens is 2. The van der Waals surface area contributed by atoms with Gasteiger partial charge in [-0.2, -0.15) is 5.10 Å². The lowest BCUT2D eigenvalue weighted by Crippen LogP contribution is -2.38. The monoisotopic (exact) mass is 480 g/mol. The molecule has 1 aliphatic heterocycles. The summed E-state index contributed by atoms with van der Waals surface area (Å²) in [7, 11) is 0. The Bertz CT molecular complexity index is 1400. The predicted octanol–water partition coefficient (Wildman–Crippen LogP) is 3.58. The minimum Gasteiger partial charge on any atom is -0.349 e. The Balaban J connectivity index is 1.49. The van der Waals surface area contributed by atoms with Crippen LogP contribution >= 0.6 is 11.8 Å². The molecule has 2 heterocycles. The maximum atomic E-state index is 13.9. The third-order valence-corrected chi connectivity index (χ3v) is 6.13. The second-order valence-electron chi connectivity index (χ2n) is 7.85. The fourth-order valence-electron chi connectivity index (χ4n) is 3.52. The molecule has 2 aromatic carbocycles. The van der Waals surface area contributed by atoms with Gasteiger partial charge in [0.1, 0.15) is 5.82 Å². The average molecular weight is 481 g/mol. The van der Waals surface area contributed by atoms with Gasteiger partial charge in [0, 0.05) is 24.0 Å². The second kappa shape index (κ2) is 9.60. The van der Waals surface area contributed by atoms with Gasteiger partial charge in [-0.05, 0) is 43.8 Å². The highest BCUT2D eigenvalue weighted by molar-refractivity contribution is 8.18. The summed E-state index contributed by atoms with van der Waals surface area (Å²) in [6.45, 7) is 3.51. The molecule has 0 unspecified atom stereocenters. The zero-order chi connectivity index (χ0) is 24.4. The molecule has 1 saturated heterocycles. The molecule has 8 nitrogen and oxygen atoms in total. The molecule has 4 rings (SSSR count). The van der Waals surface area contributed by atoms with E-state index >= 15 is 0 Å². The molecule has 0 atom stereocenters. The predicted molar refractivity (Wildman–Crippen MR) is 128 cm³/mol. The molecule has 0 bridgehead atoms. The van der Waals surface area contributed by atoms with Crippen LogP contribution in [0.4, 0.5) is 9.18 Å². The van der Waals surface area contributed by atoms with Gasteiger partial charge in [-0.15, -0.1) is 0 Å². The summed E-state index contributed by atoms with van der Waals surface area (Å²) in [6, 6.07) is 12.4. The van der Waals surface area contributed by atoms with E-state index in [-0.39, 0.29) is 40.9 Å². The molecule has 3 aromatic rings. The molecule has 0 saturated carbocycles. The van der Waals surface area contributed by atoms with E-state index < -0.39 is 22.9 Å². The minimum atomic E-state index is -0.551. The van der Waals surface area contributed by atoms with Crippen LogP contribution in [0.3, 0.4) is 0 Å². The maximum Gasteiger partial charge on any atom is 0.293 e. The van der Waals surface area contributed by atoms with Crippen molar-refractivity contribution in [3.8, 4) is 0 Å². The molecule has 34 heavy (non-hydrogen) atoms. The number of thioether (sulfide) groups is 1. The zero-order valence-corrected chi connectivity index (χ0v) is 19.3. The van der Waals surface area contributed by atoms with Crippen molar-refractivity contribution in [1.29, 1.82) is 0 Å². The average Bonchev–Trinajstić information content (AvgIpc) is 3.08. The van der Waals surface area contributed by atoms with E-state index in [1.165, 1.54) is 29.0 Å². The topological polar surface area (TPSA) is 101 Å². The van der Waals surface area contributed by atoms with Crippen molar-refractivity contribution >= 4 is 45.7 Å². The van der Waals surface area contributed by atoms with Crippen molar-refractivity contribution in [2.45, 2.75) is 19.9 Å². The van der Waals surface area contributed by atoms with Crippen molar-refractivity contribution in [2.75, 3.05) is 13.1 Å². The molecule has 0 radical (unpaired) electrons. The van der Waals surface area contributed by atoms with Gasteiger partial charge in [0.05, 0.1) is 16.3 Å². The van der Waals surface area contributed by atoms with E-state index in [1.54, 1.807) is 44.2 Å². The zero-order valence-electron chi connectivity index (χ0n) is 18.4. The van der Waals surface area contributed by atoms with Crippen LogP contribution in [-0.4, -0.2) is 44.8 Å². The first kappa shape index (κ1) is 23.4. The summed E-state index contributed by atoms with van der Waals surface area (Å²) in [5.74, 6) is -1.58. The first-order valence-electron chi connectivity index (χ1n) is 10.6. The van der Waals surface area contributed by atoms with Crippen LogP contribution in [0.25, 0.3) is 16.8 Å². The molecule has 174 valence electrons. The van der Waals surface area contributed by atoms with Gasteiger partial charge in [-0.1, -0.05) is 36.4 Å². The summed E-state index contributed by atoms with van der Waals surface area (Å²) in [4.78, 5) is 51.6. The minimum absolute atomic E-state index is 0.0132. The van der Waals surface area contributed by atoms with Gasteiger partial charge in [0.25, 0.3) is 22.6 Å². The molecule has 3 amide bonds. The summed E-state index contributed by atoms with van der Waals surface area (Å²) in [5.41, 5.74) is -0.00127. The lowest BCUT2D eigenvalue weighted by molar-refractivity contribution is -0.122. The van der Waals surface area contributed by atoms with Crippen molar-refractivity contribution in [3.05, 3.63) is 80.9 Å². The molecule has 1 fully saturated rings. The van der Waals surface area contributed by atoms with Gasteiger partial charge in [-0.3, -0.25) is 24.1 Å². The van der Waals surface area contributed by atoms with E-state index in [0.717, 1.165) is 16.7 Å². The van der Waals surface area contributed by atoms with E-state index in [4.69, 9.17) is 0 Å². The SMILES string of the molecule is CC(C)n1nc(C(=O)NCCN2C(=O)S/C(=C/c3ccccc3F)C2=O)c2ccccc2c1=O. The van der Waals surface area contributed by atoms with Gasteiger partial charge in [0.15, 0.2) is 5.69 Å². The van der Waals surface area contributed by atoms with Crippen LogP contribution in [0.15, 0.2) is 58.2 Å². The number of imide groups is 1. The van der Waals surface area contributed by atoms with E-state index in [2.05, 4.69) is 10.4 Å². The van der Waals surface area contributed by atoms with E-state index in [0.29, 0.717) is 10.8 Å². The number of fused-ring (bicyclic) bond motifs is 1. The molecule has 1 N–H and O–H groups in total. The number of rotatable bonds is 6. The Morgan fingerprint density at radius 3 is 2.47 bits per heavy atom. The van der Waals surface area contributed by atoms with Crippen LogP contribution in [0, 0.1) is 5.82 Å². The second-order valence-corrected chi connectivity index (χ2v) is 8.84. The fraction of sp³-hybridized carbons (Fsp3) is 0.208. The molecule has 0 spiro atoms. The number of amides is 3. The Labute approximate surface area is 198 Å². The van der Waals surface area contributed by atoms with Crippen LogP contribution in [0.5, 0.6) is 0 Å². The maximum absolute atomic E-state index is 13.9. The number of carbonyl (C=O) groups is 3. The van der Waals surface area contributed by atoms with Crippen molar-refractivity contribution in [3.63, 3.8) is 0 Å². The van der Waals surface area contributed by atoms with Gasteiger partial charge in [0.2, 0.25) is 0 Å². The Morgan fingerprint density at radius 1 is 1.09 bits per heavy atom. The number of hydrogen-bond acceptors (Lipinski definition) is 6. The van der Waals surface area contributed by atoms with E-state index in [1.807, 2.05) is 0 Å². The standard InChI is InChI=1S/C24H21FN4O4S/c1-14(2)29-22(31)17-9-5-4-8-16(17)20(27-29)21(30)26-11-12-28-23(32)19(34-24(28)33)13-15-7-3-6-10-18(15)25/h3-10,13-14H,11-12H2,1-2H3,(H,26,30)/b19-13+. The smallest absolute Gasteiger partial charge is 0.293 e. The van der Waals surface area contributed by atoms with Crippen molar-refractivity contribution < 1.29 is 18.8 Å². The largest absolute Gasteiger partial charge is 0.349 e. The van der Waals surface area contributed by atoms with Crippen molar-refractivity contribution in [2.24, 2.45) is 0 Å². The van der Waals surface area contributed by atoms with Crippen LogP contribution < -0.4 is 10.9 Å². The van der Waals surface area contributed by atoms with E-state index in [9.17, 15) is 23.6 Å². The summed E-state index contributed by atoms with van der Waals surface area (Å²) in [5, 5.41) is 7.20. The Kier molecular flexibility index (Phi) is 6.60. The fourth-order valence-corrected chi connectivity index (χ4v) is 4.37. The molecule has 1 aromatic heterocycles. The molecule has 10 heteroatoms. The third-order valence-electron chi connectivity index (χ3n) is 5.22. The lowest BCUT2D eigenvalue weighted by atomic mass is 10.1. The molecule has 1 aliphatic rings. The van der Waals surface area contributed by atoms with Gasteiger partial charge in [-0.25, -0.2) is 9.07 Å². The van der Waals surface area contributed by atoms with Crippen LogP contribution in [-0.2, 0) is 4.79 Å². The number of benzene rings is 2. The number of nitrogens with one attached hydrogen (secondary N) is 1. The lowest BCUT2D eigenvalue weighted by Gasteiger charge is -2.15. The van der Waals surface area contributed by atoms with Crippen LogP contribution in [0.1, 0.15) is 35.9 Å². The van der Waals surface area contributed by atoms with Gasteiger partial charge >= 0.3 is 0 Å². The molecular weight excluding hydrogens is 459 g/mol. The molecule has 0 aliphatic carbocycles. The molecular formula is C24H21FN4O4S. The number of nitrogens with zero attached hydrogens (tertiary/aromatic N) is 3. The van der Waals surface area contributed by atoms with Crippen LogP contribution in [0.2, 0.25) is 0 Å². The van der Waals surface area contributed by atoms with Gasteiger partial charge < -0.3 is 5.32 Å². The highest BCUT2D eigenvalue weighted by atomic mass is 32.2.